The summed E-state index contributed by atoms with van der Waals surface area (Å²) in [5, 5.41) is 14.8. The number of ketones is 1. The number of methoxy groups -OCH3 is 2. The predicted octanol–water partition coefficient (Wildman–Crippen LogP) is 5.19. The van der Waals surface area contributed by atoms with Crippen LogP contribution in [-0.4, -0.2) is 34.9 Å². The second-order valence-electron chi connectivity index (χ2n) is 10.3. The first-order chi connectivity index (χ1) is 18.6. The van der Waals surface area contributed by atoms with Crippen LogP contribution < -0.4 is 20.3 Å². The largest absolute Gasteiger partial charge is 0.497 e. The quantitative estimate of drug-likeness (QED) is 0.177. The van der Waals surface area contributed by atoms with E-state index >= 15 is 0 Å². The highest BCUT2D eigenvalue weighted by Gasteiger charge is 2.43. The van der Waals surface area contributed by atoms with Crippen LogP contribution in [0.15, 0.2) is 63.7 Å². The minimum atomic E-state index is -0.697. The van der Waals surface area contributed by atoms with Crippen molar-refractivity contribution in [1.82, 2.24) is 9.97 Å². The number of rotatable bonds is 7. The Morgan fingerprint density at radius 2 is 1.92 bits per heavy atom. The highest BCUT2D eigenvalue weighted by Crippen LogP contribution is 2.49. The summed E-state index contributed by atoms with van der Waals surface area (Å²) in [5.74, 6) is 1.12. The van der Waals surface area contributed by atoms with Gasteiger partial charge in [0.15, 0.2) is 10.9 Å². The summed E-state index contributed by atoms with van der Waals surface area (Å²) in [6.07, 6.45) is 0.967. The Kier molecular flexibility index (Phi) is 6.94. The highest BCUT2D eigenvalue weighted by atomic mass is 32.2. The van der Waals surface area contributed by atoms with E-state index in [9.17, 15) is 19.7 Å². The minimum absolute atomic E-state index is 0.000727. The molecule has 2 heterocycles. The predicted molar refractivity (Wildman–Crippen MR) is 148 cm³/mol. The SMILES string of the molecule is COc1ccc(OC)c([C@H]2C3=C(CC(C)(C)CC3=O)Nc3nc(SCc4cccc([N+](=O)[O-])c4)[nH]c(=O)c32)c1. The Bertz CT molecular complexity index is 1580. The van der Waals surface area contributed by atoms with Gasteiger partial charge in [-0.25, -0.2) is 4.98 Å². The van der Waals surface area contributed by atoms with E-state index in [1.54, 1.807) is 44.6 Å². The number of benzene rings is 2. The van der Waals surface area contributed by atoms with E-state index in [2.05, 4.69) is 10.3 Å². The second kappa shape index (κ2) is 10.2. The Morgan fingerprint density at radius 3 is 2.64 bits per heavy atom. The van der Waals surface area contributed by atoms with Gasteiger partial charge >= 0.3 is 0 Å². The van der Waals surface area contributed by atoms with Crippen molar-refractivity contribution in [3.63, 3.8) is 0 Å². The molecule has 0 bridgehead atoms. The van der Waals surface area contributed by atoms with Gasteiger partial charge in [-0.15, -0.1) is 0 Å². The summed E-state index contributed by atoms with van der Waals surface area (Å²) < 4.78 is 11.1. The number of carbonyl (C=O) groups is 1. The van der Waals surface area contributed by atoms with E-state index in [0.29, 0.717) is 57.8 Å². The number of thioether (sulfide) groups is 1. The third kappa shape index (κ3) is 5.14. The molecule has 0 radical (unpaired) electrons. The number of nitro groups is 1. The number of carbonyl (C=O) groups excluding carboxylic acids is 1. The normalized spacial score (nSPS) is 17.6. The van der Waals surface area contributed by atoms with E-state index in [1.165, 1.54) is 23.9 Å². The van der Waals surface area contributed by atoms with E-state index < -0.39 is 10.8 Å². The van der Waals surface area contributed by atoms with Crippen LogP contribution in [0.25, 0.3) is 0 Å². The van der Waals surface area contributed by atoms with Gasteiger partial charge in [-0.05, 0) is 35.6 Å². The van der Waals surface area contributed by atoms with E-state index in [4.69, 9.17) is 14.5 Å². The second-order valence-corrected chi connectivity index (χ2v) is 11.3. The molecule has 1 aromatic heterocycles. The maximum Gasteiger partial charge on any atom is 0.269 e. The number of hydrogen-bond acceptors (Lipinski definition) is 9. The van der Waals surface area contributed by atoms with Crippen molar-refractivity contribution in [3.05, 3.63) is 90.9 Å². The van der Waals surface area contributed by atoms with Crippen LogP contribution in [0.2, 0.25) is 0 Å². The lowest BCUT2D eigenvalue weighted by Crippen LogP contribution is -2.37. The van der Waals surface area contributed by atoms with Gasteiger partial charge < -0.3 is 19.8 Å². The van der Waals surface area contributed by atoms with Crippen molar-refractivity contribution >= 4 is 29.1 Å². The summed E-state index contributed by atoms with van der Waals surface area (Å²) in [7, 11) is 3.10. The Morgan fingerprint density at radius 1 is 1.13 bits per heavy atom. The fourth-order valence-electron chi connectivity index (χ4n) is 5.25. The number of nitrogens with one attached hydrogen (secondary N) is 2. The number of aromatic nitrogens is 2. The van der Waals surface area contributed by atoms with Crippen molar-refractivity contribution in [3.8, 4) is 11.5 Å². The molecular formula is C28H28N4O6S. The monoisotopic (exact) mass is 548 g/mol. The first kappa shape index (κ1) is 26.5. The Balaban J connectivity index is 1.60. The van der Waals surface area contributed by atoms with Crippen LogP contribution in [0.1, 0.15) is 49.3 Å². The van der Waals surface area contributed by atoms with E-state index in [0.717, 1.165) is 11.3 Å². The number of allylic oxidation sites excluding steroid dienone is 2. The van der Waals surface area contributed by atoms with Gasteiger partial charge in [0.25, 0.3) is 11.2 Å². The van der Waals surface area contributed by atoms with Gasteiger partial charge in [0.05, 0.1) is 30.6 Å². The molecule has 1 atom stereocenters. The van der Waals surface area contributed by atoms with Crippen molar-refractivity contribution in [1.29, 1.82) is 0 Å². The fraction of sp³-hybridized carbons (Fsp3) is 0.321. The molecule has 2 aliphatic rings. The number of ether oxygens (including phenoxy) is 2. The lowest BCUT2D eigenvalue weighted by atomic mass is 9.69. The van der Waals surface area contributed by atoms with Crippen LogP contribution in [-0.2, 0) is 10.5 Å². The van der Waals surface area contributed by atoms with Crippen LogP contribution in [0.4, 0.5) is 11.5 Å². The number of nitro benzene ring substituents is 1. The van der Waals surface area contributed by atoms with Crippen LogP contribution >= 0.6 is 11.8 Å². The van der Waals surface area contributed by atoms with Gasteiger partial charge in [-0.2, -0.15) is 0 Å². The fourth-order valence-corrected chi connectivity index (χ4v) is 6.05. The molecule has 2 aromatic carbocycles. The molecule has 1 aliphatic heterocycles. The van der Waals surface area contributed by atoms with Crippen LogP contribution in [0, 0.1) is 15.5 Å². The minimum Gasteiger partial charge on any atom is -0.497 e. The molecule has 0 saturated carbocycles. The molecule has 0 amide bonds. The molecule has 0 unspecified atom stereocenters. The van der Waals surface area contributed by atoms with Gasteiger partial charge in [0, 0.05) is 41.1 Å². The summed E-state index contributed by atoms with van der Waals surface area (Å²) >= 11 is 1.26. The lowest BCUT2D eigenvalue weighted by Gasteiger charge is -2.38. The molecule has 5 rings (SSSR count). The molecule has 0 spiro atoms. The molecule has 10 nitrogen and oxygen atoms in total. The maximum absolute atomic E-state index is 13.6. The van der Waals surface area contributed by atoms with Gasteiger partial charge in [-0.1, -0.05) is 37.7 Å². The van der Waals surface area contributed by atoms with Crippen molar-refractivity contribution in [2.24, 2.45) is 5.41 Å². The van der Waals surface area contributed by atoms with Crippen LogP contribution in [0.5, 0.6) is 11.5 Å². The standard InChI is InChI=1S/C28H28N4O6S/c1-28(2)12-19-23(20(33)13-28)22(18-11-17(37-3)8-9-21(18)38-4)24-25(29-19)30-27(31-26(24)34)39-14-15-6-5-7-16(10-15)32(35)36/h5-11,22H,12-14H2,1-4H3,(H2,29,30,31,34)/t22-/m0/s1. The highest BCUT2D eigenvalue weighted by molar-refractivity contribution is 7.98. The van der Waals surface area contributed by atoms with Crippen molar-refractivity contribution in [2.75, 3.05) is 19.5 Å². The van der Waals surface area contributed by atoms with E-state index in [-0.39, 0.29) is 22.4 Å². The van der Waals surface area contributed by atoms with Gasteiger partial charge in [0.2, 0.25) is 0 Å². The number of aromatic amines is 1. The number of non-ortho nitro benzene ring substituents is 1. The van der Waals surface area contributed by atoms with E-state index in [1.807, 2.05) is 13.8 Å². The number of hydrogen-bond donors (Lipinski definition) is 2. The number of fused-ring (bicyclic) bond motifs is 1. The molecule has 202 valence electrons. The molecule has 3 aromatic rings. The average molecular weight is 549 g/mol. The third-order valence-electron chi connectivity index (χ3n) is 6.94. The van der Waals surface area contributed by atoms with Gasteiger partial charge in [-0.3, -0.25) is 19.7 Å². The number of anilines is 1. The van der Waals surface area contributed by atoms with Crippen molar-refractivity contribution in [2.45, 2.75) is 43.5 Å². The first-order valence-electron chi connectivity index (χ1n) is 12.4. The Labute approximate surface area is 229 Å². The number of nitrogens with zero attached hydrogens (tertiary/aromatic N) is 2. The number of H-pyrrole nitrogens is 1. The third-order valence-corrected chi connectivity index (χ3v) is 7.89. The maximum atomic E-state index is 13.6. The topological polar surface area (TPSA) is 136 Å². The first-order valence-corrected chi connectivity index (χ1v) is 13.3. The zero-order valence-corrected chi connectivity index (χ0v) is 22.8. The molecule has 0 fully saturated rings. The Hall–Kier alpha value is -4.12. The van der Waals surface area contributed by atoms with Gasteiger partial charge in [0.1, 0.15) is 17.3 Å². The molecule has 0 saturated heterocycles. The molecule has 1 aliphatic carbocycles. The summed E-state index contributed by atoms with van der Waals surface area (Å²) in [5.41, 5.74) is 2.34. The summed E-state index contributed by atoms with van der Waals surface area (Å²) in [6.45, 7) is 4.08. The zero-order chi connectivity index (χ0) is 27.9. The van der Waals surface area contributed by atoms with Crippen molar-refractivity contribution < 1.29 is 19.2 Å². The summed E-state index contributed by atoms with van der Waals surface area (Å²) in [6, 6.07) is 11.7. The average Bonchev–Trinajstić information content (AvgIpc) is 2.89. The smallest absolute Gasteiger partial charge is 0.269 e. The molecule has 2 N–H and O–H groups in total. The molecule has 39 heavy (non-hydrogen) atoms. The summed E-state index contributed by atoms with van der Waals surface area (Å²) in [4.78, 5) is 45.5. The lowest BCUT2D eigenvalue weighted by molar-refractivity contribution is -0.384. The van der Waals surface area contributed by atoms with Crippen LogP contribution in [0.3, 0.4) is 0 Å². The number of Topliss-reactive ketones (excluding diaryl/α,β-unsaturated/α-hetero) is 1. The molecular weight excluding hydrogens is 520 g/mol. The molecule has 11 heteroatoms. The zero-order valence-electron chi connectivity index (χ0n) is 22.0.